The molecule has 11 aromatic rings. The number of aryl methyl sites for hydroxylation is 2. The van der Waals surface area contributed by atoms with E-state index in [-0.39, 0.29) is 148 Å². The maximum Gasteiger partial charge on any atom is 0.330 e. The van der Waals surface area contributed by atoms with Crippen LogP contribution >= 0.6 is 0 Å². The summed E-state index contributed by atoms with van der Waals surface area (Å²) in [5.74, 6) is -4.05. The quantitative estimate of drug-likeness (QED) is 0.0302. The Labute approximate surface area is 561 Å². The first kappa shape index (κ1) is 63.7. The molecule has 0 aliphatic carbocycles. The molecule has 2 saturated heterocycles. The van der Waals surface area contributed by atoms with Gasteiger partial charge < -0.3 is 49.3 Å². The summed E-state index contributed by atoms with van der Waals surface area (Å²) in [7, 11) is 0. The van der Waals surface area contributed by atoms with Gasteiger partial charge >= 0.3 is 11.4 Å². The van der Waals surface area contributed by atoms with E-state index in [2.05, 4.69) is 40.5 Å². The number of pyridine rings is 4. The van der Waals surface area contributed by atoms with E-state index in [1.54, 1.807) is 48.5 Å². The van der Waals surface area contributed by atoms with Gasteiger partial charge in [-0.15, -0.1) is 0 Å². The van der Waals surface area contributed by atoms with Gasteiger partial charge in [0.1, 0.15) is 70.7 Å². The predicted octanol–water partition coefficient (Wildman–Crippen LogP) is 5.71. The summed E-state index contributed by atoms with van der Waals surface area (Å²) in [6, 6.07) is 18.7. The molecule has 10 heterocycles. The number of benzene rings is 5. The van der Waals surface area contributed by atoms with Crippen LogP contribution in [-0.4, -0.2) is 145 Å². The van der Waals surface area contributed by atoms with E-state index in [1.165, 1.54) is 100 Å². The molecule has 5 aromatic carbocycles. The maximum atomic E-state index is 15.5. The van der Waals surface area contributed by atoms with Gasteiger partial charge in [0.05, 0.1) is 59.2 Å². The molecule has 6 N–H and O–H groups in total. The molecule has 2 fully saturated rings. The molecule has 6 atom stereocenters. The molecule has 6 amide bonds. The fourth-order valence-corrected chi connectivity index (χ4v) is 13.2. The van der Waals surface area contributed by atoms with Gasteiger partial charge in [-0.1, -0.05) is 0 Å². The zero-order valence-electron chi connectivity index (χ0n) is 52.8. The second-order valence-corrected chi connectivity index (χ2v) is 24.3. The van der Waals surface area contributed by atoms with E-state index in [0.29, 0.717) is 0 Å². The standard InChI is InChI=1S/C70H56N12O18/c1-33-31-81(69(93)77-63(33)87)53-23-43(83)49(99-53)29-75-51(85)11-17-79-65(89)39-19-45(95-35-7-3-13-71-25-35)57-59-47(97-37-9-5-15-73-27-37)21-41-56-42(68(92)80(67(41)91)18-12-52(86)76-30-50-44(84)24-54(100-50)82-32-34(2)64(88)78-70(82)94)22-48(98-38-10-6-16-74-28-38)60(62(56)59)58-46(96-36-8-4-14-72-26-36)20-40(66(79)90)55(39)61(57)58/h3-10,13-16,19-22,25-28,31-32,43-44,49-50,53-54,83-84H,11-12,17-18,23-24,29-30H2,1-2H3,(H,75,85)(H,76,86)(H,77,87,93)(H,78,88,94)/t43-,44-,49+,50+,53+,54+/m0/s1. The Hall–Kier alpha value is -12.4. The van der Waals surface area contributed by atoms with Crippen molar-refractivity contribution in [2.45, 2.75) is 76.4 Å². The molecule has 4 aliphatic heterocycles. The predicted molar refractivity (Wildman–Crippen MR) is 352 cm³/mol. The summed E-state index contributed by atoms with van der Waals surface area (Å²) in [5, 5.41) is 28.6. The summed E-state index contributed by atoms with van der Waals surface area (Å²) >= 11 is 0. The van der Waals surface area contributed by atoms with Crippen molar-refractivity contribution in [2.24, 2.45) is 0 Å². The maximum absolute atomic E-state index is 15.5. The lowest BCUT2D eigenvalue weighted by molar-refractivity contribution is -0.123. The third kappa shape index (κ3) is 11.4. The minimum absolute atomic E-state index is 0.0287. The number of aromatic amines is 2. The lowest BCUT2D eigenvalue weighted by Crippen LogP contribution is -2.43. The molecule has 15 rings (SSSR count). The number of aromatic nitrogens is 8. The third-order valence-electron chi connectivity index (χ3n) is 18.0. The molecule has 6 aromatic heterocycles. The number of aliphatic hydroxyl groups excluding tert-OH is 2. The number of rotatable bonds is 20. The first-order valence-corrected chi connectivity index (χ1v) is 31.6. The molecule has 30 nitrogen and oxygen atoms in total. The van der Waals surface area contributed by atoms with Gasteiger partial charge in [-0.3, -0.25) is 87.2 Å². The zero-order chi connectivity index (χ0) is 69.4. The molecule has 504 valence electrons. The lowest BCUT2D eigenvalue weighted by Gasteiger charge is -2.32. The monoisotopic (exact) mass is 1350 g/mol. The van der Waals surface area contributed by atoms with Crippen LogP contribution in [0, 0.1) is 13.8 Å². The Morgan fingerprint density at radius 3 is 1.08 bits per heavy atom. The summed E-state index contributed by atoms with van der Waals surface area (Å²) in [6.45, 7) is 1.61. The van der Waals surface area contributed by atoms with Gasteiger partial charge in [-0.2, -0.15) is 0 Å². The molecule has 4 aliphatic rings. The van der Waals surface area contributed by atoms with Gasteiger partial charge in [0.2, 0.25) is 11.8 Å². The Bertz CT molecular complexity index is 4910. The number of hydrogen-bond donors (Lipinski definition) is 6. The highest BCUT2D eigenvalue weighted by Gasteiger charge is 2.43. The molecular formula is C70H56N12O18. The number of H-pyrrole nitrogens is 2. The number of aliphatic hydroxyl groups is 2. The van der Waals surface area contributed by atoms with E-state index >= 15 is 19.2 Å². The second-order valence-electron chi connectivity index (χ2n) is 24.3. The van der Waals surface area contributed by atoms with Gasteiger partial charge in [0.15, 0.2) is 0 Å². The number of carbonyl (C=O) groups is 6. The molecule has 30 heteroatoms. The largest absolute Gasteiger partial charge is 0.455 e. The number of nitrogens with one attached hydrogen (secondary N) is 4. The van der Waals surface area contributed by atoms with Crippen LogP contribution in [0.1, 0.15) is 90.7 Å². The molecule has 0 unspecified atom stereocenters. The van der Waals surface area contributed by atoms with Crippen LogP contribution < -0.4 is 52.1 Å². The molecule has 0 radical (unpaired) electrons. The summed E-state index contributed by atoms with van der Waals surface area (Å²) < 4.78 is 41.7. The van der Waals surface area contributed by atoms with Crippen molar-refractivity contribution >= 4 is 78.5 Å². The molecule has 0 saturated carbocycles. The van der Waals surface area contributed by atoms with Crippen molar-refractivity contribution in [3.05, 3.63) is 210 Å². The number of imide groups is 2. The van der Waals surface area contributed by atoms with Crippen LogP contribution in [0.3, 0.4) is 0 Å². The first-order chi connectivity index (χ1) is 48.3. The first-order valence-electron chi connectivity index (χ1n) is 31.6. The highest BCUT2D eigenvalue weighted by molar-refractivity contribution is 6.45. The van der Waals surface area contributed by atoms with Crippen molar-refractivity contribution < 1.29 is 67.4 Å². The summed E-state index contributed by atoms with van der Waals surface area (Å²) in [4.78, 5) is 163. The fraction of sp³-hybridized carbons (Fsp3) is 0.229. The van der Waals surface area contributed by atoms with Crippen molar-refractivity contribution in [3.8, 4) is 46.0 Å². The Kier molecular flexibility index (Phi) is 16.3. The van der Waals surface area contributed by atoms with Crippen molar-refractivity contribution in [3.63, 3.8) is 0 Å². The molecule has 100 heavy (non-hydrogen) atoms. The van der Waals surface area contributed by atoms with Crippen molar-refractivity contribution in [1.82, 2.24) is 59.5 Å². The second kappa shape index (κ2) is 25.6. The lowest BCUT2D eigenvalue weighted by atomic mass is 9.80. The van der Waals surface area contributed by atoms with Crippen LogP contribution in [0.15, 0.2) is 154 Å². The van der Waals surface area contributed by atoms with E-state index in [9.17, 15) is 39.0 Å². The van der Waals surface area contributed by atoms with Crippen LogP contribution in [0.5, 0.6) is 46.0 Å². The van der Waals surface area contributed by atoms with E-state index in [0.717, 1.165) is 18.9 Å². The molecular weight excluding hydrogens is 1300 g/mol. The van der Waals surface area contributed by atoms with Gasteiger partial charge in [-0.05, 0) is 86.6 Å². The SMILES string of the molecule is Cc1cn([C@H]2C[C@H](O)[C@@H](CNC(=O)CCN3C(=O)c4cc(Oc5cccnc5)c5c6c(Oc7cccnc7)cc7c8c(cc(Oc9cccnc9)c(c9c(Oc%10cccnc%10)cc(c4c59)C3=O)c86)C(=O)N(CCC(=O)NC[C@H]3O[C@@H](n4cc(C)c(=O)[nH]c4=O)C[C@@H]3O)C7=O)O2)c(=O)[nH]c1=O. The van der Waals surface area contributed by atoms with Gasteiger partial charge in [0, 0.05) is 143 Å². The Morgan fingerprint density at radius 2 is 0.790 bits per heavy atom. The molecule has 0 spiro atoms. The van der Waals surface area contributed by atoms with Gasteiger partial charge in [0.25, 0.3) is 34.7 Å². The minimum atomic E-state index is -1.14. The van der Waals surface area contributed by atoms with Crippen LogP contribution in [0.2, 0.25) is 0 Å². The number of nitrogens with zero attached hydrogens (tertiary/aromatic N) is 8. The number of amides is 6. The van der Waals surface area contributed by atoms with Crippen LogP contribution in [-0.2, 0) is 19.1 Å². The third-order valence-corrected chi connectivity index (χ3v) is 18.0. The number of hydrogen-bond acceptors (Lipinski definition) is 22. The van der Waals surface area contributed by atoms with Gasteiger partial charge in [-0.25, -0.2) is 9.59 Å². The number of ether oxygens (including phenoxy) is 6. The average molecular weight is 1350 g/mol. The van der Waals surface area contributed by atoms with E-state index in [4.69, 9.17) is 28.4 Å². The average Bonchev–Trinajstić information content (AvgIpc) is 1.23. The topological polar surface area (TPSA) is 390 Å². The van der Waals surface area contributed by atoms with Crippen LogP contribution in [0.4, 0.5) is 0 Å². The number of fused-ring (bicyclic) bond motifs is 2. The van der Waals surface area contributed by atoms with E-state index < -0.39 is 121 Å². The Balaban J connectivity index is 0.855. The minimum Gasteiger partial charge on any atom is -0.455 e. The summed E-state index contributed by atoms with van der Waals surface area (Å²) in [6.07, 6.45) is 7.31. The summed E-state index contributed by atoms with van der Waals surface area (Å²) in [5.41, 5.74) is -2.44. The van der Waals surface area contributed by atoms with Crippen molar-refractivity contribution in [1.29, 1.82) is 0 Å². The fourth-order valence-electron chi connectivity index (χ4n) is 13.2. The Morgan fingerprint density at radius 1 is 0.480 bits per heavy atom. The highest BCUT2D eigenvalue weighted by Crippen LogP contribution is 2.58. The zero-order valence-corrected chi connectivity index (χ0v) is 52.8. The van der Waals surface area contributed by atoms with E-state index in [1.807, 2.05) is 0 Å². The van der Waals surface area contributed by atoms with Crippen LogP contribution in [0.25, 0.3) is 43.1 Å². The van der Waals surface area contributed by atoms with Crippen molar-refractivity contribution in [2.75, 3.05) is 26.2 Å². The number of carbonyl (C=O) groups excluding carboxylic acids is 6. The highest BCUT2D eigenvalue weighted by atomic mass is 16.5. The molecule has 0 bridgehead atoms. The normalized spacial score (nSPS) is 18.8. The smallest absolute Gasteiger partial charge is 0.330 e.